The van der Waals surface area contributed by atoms with Crippen LogP contribution in [0.25, 0.3) is 10.9 Å². The predicted molar refractivity (Wildman–Crippen MR) is 167 cm³/mol. The Balaban J connectivity index is 1.64. The molecule has 2 atom stereocenters. The average Bonchev–Trinajstić information content (AvgIpc) is 3.46. The van der Waals surface area contributed by atoms with Crippen LogP contribution in [0.3, 0.4) is 0 Å². The van der Waals surface area contributed by atoms with Crippen molar-refractivity contribution in [3.63, 3.8) is 0 Å². The van der Waals surface area contributed by atoms with Gasteiger partial charge in [0.2, 0.25) is 5.91 Å². The molecule has 42 heavy (non-hydrogen) atoms. The Hall–Kier alpha value is -3.40. The highest BCUT2D eigenvalue weighted by Crippen LogP contribution is 2.30. The van der Waals surface area contributed by atoms with E-state index in [1.54, 1.807) is 6.92 Å². The average molecular weight is 596 g/mol. The van der Waals surface area contributed by atoms with E-state index in [9.17, 15) is 14.4 Å². The molecule has 0 aliphatic carbocycles. The lowest BCUT2D eigenvalue weighted by Crippen LogP contribution is -2.52. The standard InChI is InChI=1S/C32H45N5O4S/c1-5-13-27-28(31(39)41-6-2)36-30(42-27)26(19-22-20-33-24-15-10-9-14-23(22)24)34-29(38)25(18-21(3)4)35-32(40)37-16-11-7-8-12-17-37/h9-10,14-15,20-21,25-26,33H,5-8,11-13,16-19H2,1-4H3,(H,34,38)(H,35,40)/t25-,26+/m0/s1. The first-order valence-corrected chi connectivity index (χ1v) is 16.2. The third-order valence-corrected chi connectivity index (χ3v) is 8.82. The van der Waals surface area contributed by atoms with Crippen LogP contribution in [0.5, 0.6) is 0 Å². The second-order valence-corrected chi connectivity index (χ2v) is 12.6. The van der Waals surface area contributed by atoms with Crippen LogP contribution in [-0.2, 0) is 22.4 Å². The second-order valence-electron chi connectivity index (χ2n) is 11.5. The first-order chi connectivity index (χ1) is 20.3. The molecule has 0 spiro atoms. The van der Waals surface area contributed by atoms with Crippen LogP contribution in [0.2, 0.25) is 0 Å². The van der Waals surface area contributed by atoms with Gasteiger partial charge in [-0.25, -0.2) is 14.6 Å². The van der Waals surface area contributed by atoms with Gasteiger partial charge in [0.05, 0.1) is 12.6 Å². The van der Waals surface area contributed by atoms with Gasteiger partial charge in [-0.3, -0.25) is 4.79 Å². The van der Waals surface area contributed by atoms with E-state index >= 15 is 0 Å². The Morgan fingerprint density at radius 3 is 2.50 bits per heavy atom. The van der Waals surface area contributed by atoms with Crippen molar-refractivity contribution < 1.29 is 19.1 Å². The van der Waals surface area contributed by atoms with Crippen molar-refractivity contribution in [2.24, 2.45) is 5.92 Å². The van der Waals surface area contributed by atoms with Crippen LogP contribution in [0, 0.1) is 5.92 Å². The lowest BCUT2D eigenvalue weighted by Gasteiger charge is -2.27. The Kier molecular flexibility index (Phi) is 11.4. The van der Waals surface area contributed by atoms with Gasteiger partial charge < -0.3 is 25.3 Å². The van der Waals surface area contributed by atoms with E-state index < -0.39 is 18.1 Å². The van der Waals surface area contributed by atoms with E-state index in [0.717, 1.165) is 53.4 Å². The summed E-state index contributed by atoms with van der Waals surface area (Å²) in [5.41, 5.74) is 2.37. The highest BCUT2D eigenvalue weighted by Gasteiger charge is 2.30. The van der Waals surface area contributed by atoms with Gasteiger partial charge in [-0.15, -0.1) is 11.3 Å². The van der Waals surface area contributed by atoms with Crippen molar-refractivity contribution in [2.45, 2.75) is 91.1 Å². The fraction of sp³-hybridized carbons (Fsp3) is 0.562. The second kappa shape index (κ2) is 15.2. The molecule has 228 valence electrons. The number of carbonyl (C=O) groups is 3. The van der Waals surface area contributed by atoms with Crippen molar-refractivity contribution >= 4 is 40.1 Å². The minimum absolute atomic E-state index is 0.185. The van der Waals surface area contributed by atoms with Gasteiger partial charge in [-0.05, 0) is 50.2 Å². The maximum atomic E-state index is 13.9. The molecule has 3 N–H and O–H groups in total. The van der Waals surface area contributed by atoms with Crippen molar-refractivity contribution in [3.8, 4) is 0 Å². The summed E-state index contributed by atoms with van der Waals surface area (Å²) in [5.74, 6) is -0.492. The number of nitrogens with one attached hydrogen (secondary N) is 3. The predicted octanol–water partition coefficient (Wildman–Crippen LogP) is 6.15. The van der Waals surface area contributed by atoms with Crippen molar-refractivity contribution in [1.82, 2.24) is 25.5 Å². The van der Waals surface area contributed by atoms with Crippen LogP contribution < -0.4 is 10.6 Å². The molecular formula is C32H45N5O4S. The first kappa shape index (κ1) is 31.5. The number of thiazole rings is 1. The summed E-state index contributed by atoms with van der Waals surface area (Å²) in [6, 6.07) is 6.68. The molecule has 1 fully saturated rings. The van der Waals surface area contributed by atoms with Gasteiger partial charge in [-0.1, -0.05) is 58.2 Å². The zero-order chi connectivity index (χ0) is 30.1. The fourth-order valence-corrected chi connectivity index (χ4v) is 6.69. The number of urea groups is 1. The summed E-state index contributed by atoms with van der Waals surface area (Å²) in [6.45, 7) is 9.61. The normalized spacial score (nSPS) is 15.3. The van der Waals surface area contributed by atoms with Gasteiger partial charge in [0.15, 0.2) is 5.69 Å². The number of para-hydroxylation sites is 1. The number of esters is 1. The molecular weight excluding hydrogens is 550 g/mol. The lowest BCUT2D eigenvalue weighted by molar-refractivity contribution is -0.124. The van der Waals surface area contributed by atoms with E-state index in [4.69, 9.17) is 9.72 Å². The molecule has 3 heterocycles. The number of hydrogen-bond donors (Lipinski definition) is 3. The molecule has 1 aliphatic heterocycles. The molecule has 0 saturated carbocycles. The van der Waals surface area contributed by atoms with Crippen molar-refractivity contribution in [2.75, 3.05) is 19.7 Å². The summed E-state index contributed by atoms with van der Waals surface area (Å²) < 4.78 is 5.31. The summed E-state index contributed by atoms with van der Waals surface area (Å²) >= 11 is 1.45. The van der Waals surface area contributed by atoms with Crippen LogP contribution >= 0.6 is 11.3 Å². The molecule has 4 rings (SSSR count). The summed E-state index contributed by atoms with van der Waals surface area (Å²) in [7, 11) is 0. The summed E-state index contributed by atoms with van der Waals surface area (Å²) in [4.78, 5) is 50.7. The monoisotopic (exact) mass is 595 g/mol. The molecule has 10 heteroatoms. The number of likely N-dealkylation sites (tertiary alicyclic amines) is 1. The molecule has 0 bridgehead atoms. The molecule has 1 aromatic carbocycles. The van der Waals surface area contributed by atoms with E-state index in [-0.39, 0.29) is 24.5 Å². The number of fused-ring (bicyclic) bond motifs is 1. The number of hydrogen-bond acceptors (Lipinski definition) is 6. The quantitative estimate of drug-likeness (QED) is 0.217. The number of H-pyrrole nitrogens is 1. The Morgan fingerprint density at radius 2 is 1.81 bits per heavy atom. The topological polar surface area (TPSA) is 116 Å². The van der Waals surface area contributed by atoms with Gasteiger partial charge >= 0.3 is 12.0 Å². The minimum atomic E-state index is -0.689. The largest absolute Gasteiger partial charge is 0.461 e. The molecule has 9 nitrogen and oxygen atoms in total. The van der Waals surface area contributed by atoms with Crippen molar-refractivity contribution in [3.05, 3.63) is 51.6 Å². The molecule has 3 aromatic rings. The number of nitrogens with zero attached hydrogens (tertiary/aromatic N) is 2. The zero-order valence-corrected chi connectivity index (χ0v) is 26.1. The van der Waals surface area contributed by atoms with Gasteiger partial charge in [0.1, 0.15) is 11.0 Å². The number of aromatic amines is 1. The van der Waals surface area contributed by atoms with E-state index in [0.29, 0.717) is 43.1 Å². The van der Waals surface area contributed by atoms with Crippen molar-refractivity contribution in [1.29, 1.82) is 0 Å². The maximum absolute atomic E-state index is 13.9. The van der Waals surface area contributed by atoms with E-state index in [1.165, 1.54) is 11.3 Å². The Morgan fingerprint density at radius 1 is 1.07 bits per heavy atom. The highest BCUT2D eigenvalue weighted by atomic mass is 32.1. The molecule has 1 saturated heterocycles. The summed E-state index contributed by atoms with van der Waals surface area (Å²) in [6.07, 6.45) is 8.71. The number of aryl methyl sites for hydroxylation is 1. The van der Waals surface area contributed by atoms with E-state index in [1.807, 2.05) is 43.1 Å². The number of carbonyl (C=O) groups excluding carboxylic acids is 3. The molecule has 3 amide bonds. The summed E-state index contributed by atoms with van der Waals surface area (Å²) in [5, 5.41) is 7.99. The Bertz CT molecular complexity index is 1340. The molecule has 0 radical (unpaired) electrons. The van der Waals surface area contributed by atoms with Crippen LogP contribution in [0.1, 0.15) is 98.2 Å². The van der Waals surface area contributed by atoms with Gasteiger partial charge in [-0.2, -0.15) is 0 Å². The number of ether oxygens (including phenoxy) is 1. The molecule has 1 aliphatic rings. The lowest BCUT2D eigenvalue weighted by atomic mass is 10.0. The number of benzene rings is 1. The number of rotatable bonds is 12. The highest BCUT2D eigenvalue weighted by molar-refractivity contribution is 7.12. The minimum Gasteiger partial charge on any atom is -0.461 e. The fourth-order valence-electron chi connectivity index (χ4n) is 5.48. The zero-order valence-electron chi connectivity index (χ0n) is 25.3. The SMILES string of the molecule is CCCc1sc([C@@H](Cc2c[nH]c3ccccc23)NC(=O)[C@H](CC(C)C)NC(=O)N2CCCCCC2)nc1C(=O)OCC. The number of amides is 3. The Labute approximate surface area is 252 Å². The first-order valence-electron chi connectivity index (χ1n) is 15.4. The van der Waals surface area contributed by atoms with E-state index in [2.05, 4.69) is 28.6 Å². The van der Waals surface area contributed by atoms with Gasteiger partial charge in [0, 0.05) is 41.5 Å². The molecule has 2 aromatic heterocycles. The third kappa shape index (κ3) is 8.12. The van der Waals surface area contributed by atoms with Crippen LogP contribution in [0.4, 0.5) is 4.79 Å². The maximum Gasteiger partial charge on any atom is 0.358 e. The number of aromatic nitrogens is 2. The smallest absolute Gasteiger partial charge is 0.358 e. The van der Waals surface area contributed by atoms with Crippen LogP contribution in [0.15, 0.2) is 30.5 Å². The third-order valence-electron chi connectivity index (χ3n) is 7.59. The molecule has 0 unspecified atom stereocenters. The van der Waals surface area contributed by atoms with Gasteiger partial charge in [0.25, 0.3) is 0 Å². The van der Waals surface area contributed by atoms with Crippen LogP contribution in [-0.4, -0.2) is 58.5 Å².